The molecule has 3 nitrogen and oxygen atoms in total. The van der Waals surface area contributed by atoms with Crippen LogP contribution in [0.15, 0.2) is 48.5 Å². The van der Waals surface area contributed by atoms with Gasteiger partial charge in [-0.2, -0.15) is 0 Å². The molecule has 166 valence electrons. The van der Waals surface area contributed by atoms with Crippen LogP contribution in [-0.2, 0) is 6.54 Å². The Morgan fingerprint density at radius 2 is 1.23 bits per heavy atom. The summed E-state index contributed by atoms with van der Waals surface area (Å²) in [6, 6.07) is 16.7. The fourth-order valence-corrected chi connectivity index (χ4v) is 3.39. The summed E-state index contributed by atoms with van der Waals surface area (Å²) in [4.78, 5) is 0. The van der Waals surface area contributed by atoms with Crippen molar-refractivity contribution >= 4 is 5.69 Å². The highest BCUT2D eigenvalue weighted by Crippen LogP contribution is 2.19. The van der Waals surface area contributed by atoms with Gasteiger partial charge in [-0.3, -0.25) is 0 Å². The highest BCUT2D eigenvalue weighted by molar-refractivity contribution is 5.48. The number of benzene rings is 2. The van der Waals surface area contributed by atoms with E-state index in [1.165, 1.54) is 56.9 Å². The summed E-state index contributed by atoms with van der Waals surface area (Å²) in [6.07, 6.45) is 12.6. The van der Waals surface area contributed by atoms with E-state index in [0.717, 1.165) is 49.8 Å². The van der Waals surface area contributed by atoms with Gasteiger partial charge in [0.1, 0.15) is 11.5 Å². The van der Waals surface area contributed by atoms with Crippen LogP contribution in [0, 0.1) is 0 Å². The number of anilines is 1. The van der Waals surface area contributed by atoms with Crippen molar-refractivity contribution in [2.75, 3.05) is 18.5 Å². The van der Waals surface area contributed by atoms with Crippen molar-refractivity contribution in [3.63, 3.8) is 0 Å². The number of nitrogens with one attached hydrogen (secondary N) is 1. The van der Waals surface area contributed by atoms with Gasteiger partial charge in [0.25, 0.3) is 0 Å². The molecule has 0 bridgehead atoms. The molecule has 2 aromatic rings. The molecule has 0 spiro atoms. The average molecular weight is 412 g/mol. The van der Waals surface area contributed by atoms with Crippen LogP contribution in [0.1, 0.15) is 83.6 Å². The molecule has 0 saturated carbocycles. The normalized spacial score (nSPS) is 10.7. The first kappa shape index (κ1) is 24.1. The fourth-order valence-electron chi connectivity index (χ4n) is 3.39. The van der Waals surface area contributed by atoms with Gasteiger partial charge < -0.3 is 14.8 Å². The molecule has 2 aromatic carbocycles. The predicted molar refractivity (Wildman–Crippen MR) is 129 cm³/mol. The van der Waals surface area contributed by atoms with Crippen molar-refractivity contribution in [3.8, 4) is 11.5 Å². The third kappa shape index (κ3) is 10.6. The zero-order valence-electron chi connectivity index (χ0n) is 19.1. The third-order valence-corrected chi connectivity index (χ3v) is 5.29. The van der Waals surface area contributed by atoms with Crippen molar-refractivity contribution < 1.29 is 9.47 Å². The lowest BCUT2D eigenvalue weighted by atomic mass is 10.2. The summed E-state index contributed by atoms with van der Waals surface area (Å²) in [6.45, 7) is 6.89. The maximum absolute atomic E-state index is 5.91. The van der Waals surface area contributed by atoms with Crippen LogP contribution in [-0.4, -0.2) is 13.2 Å². The maximum Gasteiger partial charge on any atom is 0.121 e. The second kappa shape index (κ2) is 15.6. The number of rotatable bonds is 17. The Morgan fingerprint density at radius 1 is 0.633 bits per heavy atom. The minimum atomic E-state index is 0.789. The Labute approximate surface area is 184 Å². The van der Waals surface area contributed by atoms with E-state index in [-0.39, 0.29) is 0 Å². The van der Waals surface area contributed by atoms with Gasteiger partial charge >= 0.3 is 0 Å². The van der Waals surface area contributed by atoms with Gasteiger partial charge in [-0.1, -0.05) is 83.4 Å². The van der Waals surface area contributed by atoms with Crippen molar-refractivity contribution in [1.29, 1.82) is 0 Å². The van der Waals surface area contributed by atoms with Crippen LogP contribution in [0.25, 0.3) is 0 Å². The topological polar surface area (TPSA) is 30.5 Å². The third-order valence-electron chi connectivity index (χ3n) is 5.29. The fraction of sp³-hybridized carbons (Fsp3) is 0.556. The molecule has 0 radical (unpaired) electrons. The van der Waals surface area contributed by atoms with Gasteiger partial charge in [0.05, 0.1) is 13.2 Å². The standard InChI is InChI=1S/C27H41NO2/c1-3-5-7-9-11-20-29-26-18-16-24(17-19-26)23-28-25-14-13-15-27(22-25)30-21-12-10-8-6-4-2/h13-19,22,28H,3-12,20-21,23H2,1-2H3. The second-order valence-electron chi connectivity index (χ2n) is 8.05. The number of hydrogen-bond acceptors (Lipinski definition) is 3. The van der Waals surface area contributed by atoms with E-state index in [9.17, 15) is 0 Å². The van der Waals surface area contributed by atoms with Crippen LogP contribution >= 0.6 is 0 Å². The molecule has 30 heavy (non-hydrogen) atoms. The van der Waals surface area contributed by atoms with Gasteiger partial charge in [-0.05, 0) is 42.7 Å². The van der Waals surface area contributed by atoms with Gasteiger partial charge in [0.15, 0.2) is 0 Å². The Bertz CT molecular complexity index is 669. The van der Waals surface area contributed by atoms with Crippen molar-refractivity contribution in [3.05, 3.63) is 54.1 Å². The van der Waals surface area contributed by atoms with Crippen LogP contribution in [0.4, 0.5) is 5.69 Å². The SMILES string of the molecule is CCCCCCCOc1ccc(CNc2cccc(OCCCCCCC)c2)cc1. The molecule has 0 aromatic heterocycles. The Hall–Kier alpha value is -2.16. The lowest BCUT2D eigenvalue weighted by Crippen LogP contribution is -2.01. The summed E-state index contributed by atoms with van der Waals surface area (Å²) >= 11 is 0. The minimum Gasteiger partial charge on any atom is -0.494 e. The number of unbranched alkanes of at least 4 members (excludes halogenated alkanes) is 8. The molecular weight excluding hydrogens is 370 g/mol. The van der Waals surface area contributed by atoms with E-state index in [0.29, 0.717) is 0 Å². The molecule has 0 fully saturated rings. The van der Waals surface area contributed by atoms with Gasteiger partial charge in [0, 0.05) is 18.3 Å². The number of hydrogen-bond donors (Lipinski definition) is 1. The van der Waals surface area contributed by atoms with E-state index < -0.39 is 0 Å². The zero-order valence-corrected chi connectivity index (χ0v) is 19.1. The monoisotopic (exact) mass is 411 g/mol. The molecule has 0 aliphatic heterocycles. The van der Waals surface area contributed by atoms with Crippen molar-refractivity contribution in [1.82, 2.24) is 0 Å². The van der Waals surface area contributed by atoms with Crippen molar-refractivity contribution in [2.45, 2.75) is 84.6 Å². The van der Waals surface area contributed by atoms with E-state index >= 15 is 0 Å². The second-order valence-corrected chi connectivity index (χ2v) is 8.05. The van der Waals surface area contributed by atoms with Gasteiger partial charge in [0.2, 0.25) is 0 Å². The van der Waals surface area contributed by atoms with E-state index in [1.54, 1.807) is 0 Å². The zero-order chi connectivity index (χ0) is 21.3. The van der Waals surface area contributed by atoms with E-state index in [1.807, 2.05) is 12.1 Å². The van der Waals surface area contributed by atoms with Crippen LogP contribution in [0.5, 0.6) is 11.5 Å². The lowest BCUT2D eigenvalue weighted by molar-refractivity contribution is 0.304. The first-order chi connectivity index (χ1) is 14.8. The summed E-state index contributed by atoms with van der Waals surface area (Å²) in [5, 5.41) is 3.49. The molecule has 0 aliphatic carbocycles. The molecule has 3 heteroatoms. The lowest BCUT2D eigenvalue weighted by Gasteiger charge is -2.11. The molecule has 0 aliphatic rings. The molecule has 0 amide bonds. The number of ether oxygens (including phenoxy) is 2. The average Bonchev–Trinajstić information content (AvgIpc) is 2.78. The molecule has 0 heterocycles. The summed E-state index contributed by atoms with van der Waals surface area (Å²) in [5.41, 5.74) is 2.33. The van der Waals surface area contributed by atoms with Crippen LogP contribution in [0.2, 0.25) is 0 Å². The van der Waals surface area contributed by atoms with Crippen LogP contribution in [0.3, 0.4) is 0 Å². The van der Waals surface area contributed by atoms with E-state index in [4.69, 9.17) is 9.47 Å². The van der Waals surface area contributed by atoms with Crippen molar-refractivity contribution in [2.24, 2.45) is 0 Å². The molecular formula is C27H41NO2. The molecule has 0 saturated heterocycles. The first-order valence-electron chi connectivity index (χ1n) is 12.0. The summed E-state index contributed by atoms with van der Waals surface area (Å²) in [5.74, 6) is 1.90. The highest BCUT2D eigenvalue weighted by atomic mass is 16.5. The summed E-state index contributed by atoms with van der Waals surface area (Å²) in [7, 11) is 0. The first-order valence-corrected chi connectivity index (χ1v) is 12.0. The van der Waals surface area contributed by atoms with Gasteiger partial charge in [-0.25, -0.2) is 0 Å². The maximum atomic E-state index is 5.91. The minimum absolute atomic E-state index is 0.789. The molecule has 2 rings (SSSR count). The Kier molecular flexibility index (Phi) is 12.6. The predicted octanol–water partition coefficient (Wildman–Crippen LogP) is 8.00. The molecule has 0 unspecified atom stereocenters. The Balaban J connectivity index is 1.66. The summed E-state index contributed by atoms with van der Waals surface area (Å²) < 4.78 is 11.8. The Morgan fingerprint density at radius 3 is 1.87 bits per heavy atom. The molecule has 1 N–H and O–H groups in total. The largest absolute Gasteiger partial charge is 0.494 e. The van der Waals surface area contributed by atoms with Gasteiger partial charge in [-0.15, -0.1) is 0 Å². The highest BCUT2D eigenvalue weighted by Gasteiger charge is 2.00. The smallest absolute Gasteiger partial charge is 0.121 e. The van der Waals surface area contributed by atoms with Crippen LogP contribution < -0.4 is 14.8 Å². The molecule has 0 atom stereocenters. The van der Waals surface area contributed by atoms with E-state index in [2.05, 4.69) is 55.6 Å². The quantitative estimate of drug-likeness (QED) is 0.267.